The zero-order valence-corrected chi connectivity index (χ0v) is 21.5. The second kappa shape index (κ2) is 13.0. The van der Waals surface area contributed by atoms with Gasteiger partial charge >= 0.3 is 0 Å². The van der Waals surface area contributed by atoms with Gasteiger partial charge in [0.2, 0.25) is 5.91 Å². The molecular weight excluding hydrogens is 456 g/mol. The molecule has 0 radical (unpaired) electrons. The summed E-state index contributed by atoms with van der Waals surface area (Å²) in [5.41, 5.74) is 0.248. The van der Waals surface area contributed by atoms with E-state index < -0.39 is 5.60 Å². The predicted molar refractivity (Wildman–Crippen MR) is 140 cm³/mol. The van der Waals surface area contributed by atoms with Crippen LogP contribution in [0.1, 0.15) is 50.5 Å². The molecule has 1 N–H and O–H groups in total. The van der Waals surface area contributed by atoms with Crippen LogP contribution >= 0.6 is 0 Å². The predicted octanol–water partition coefficient (Wildman–Crippen LogP) is 4.27. The van der Waals surface area contributed by atoms with E-state index in [1.165, 1.54) is 0 Å². The van der Waals surface area contributed by atoms with E-state index in [1.54, 1.807) is 7.11 Å². The van der Waals surface area contributed by atoms with E-state index in [1.807, 2.05) is 47.4 Å². The summed E-state index contributed by atoms with van der Waals surface area (Å²) in [5, 5.41) is 11.1. The van der Waals surface area contributed by atoms with Crippen LogP contribution in [0.5, 0.6) is 17.2 Å². The van der Waals surface area contributed by atoms with E-state index >= 15 is 0 Å². The van der Waals surface area contributed by atoms with Crippen molar-refractivity contribution in [2.45, 2.75) is 57.1 Å². The first-order valence-electron chi connectivity index (χ1n) is 13.2. The molecule has 0 saturated carbocycles. The lowest BCUT2D eigenvalue weighted by Crippen LogP contribution is -2.51. The highest BCUT2D eigenvalue weighted by Crippen LogP contribution is 2.30. The van der Waals surface area contributed by atoms with Gasteiger partial charge in [-0.3, -0.25) is 9.69 Å². The summed E-state index contributed by atoms with van der Waals surface area (Å²) in [4.78, 5) is 16.4. The topological polar surface area (TPSA) is 71.5 Å². The quantitative estimate of drug-likeness (QED) is 0.469. The number of methoxy groups -OCH3 is 1. The van der Waals surface area contributed by atoms with Crippen molar-refractivity contribution in [2.24, 2.45) is 0 Å². The molecule has 4 rings (SSSR count). The van der Waals surface area contributed by atoms with Gasteiger partial charge in [0.05, 0.1) is 13.7 Å². The lowest BCUT2D eigenvalue weighted by Gasteiger charge is -2.39. The molecule has 2 aliphatic heterocycles. The summed E-state index contributed by atoms with van der Waals surface area (Å²) in [5.74, 6) is 2.47. The van der Waals surface area contributed by atoms with Crippen LogP contribution in [-0.2, 0) is 11.3 Å². The van der Waals surface area contributed by atoms with Gasteiger partial charge in [0, 0.05) is 32.6 Å². The van der Waals surface area contributed by atoms with Gasteiger partial charge in [0.25, 0.3) is 0 Å². The number of hydrogen-bond donors (Lipinski definition) is 1. The molecule has 36 heavy (non-hydrogen) atoms. The Morgan fingerprint density at radius 2 is 1.83 bits per heavy atom. The van der Waals surface area contributed by atoms with E-state index in [-0.39, 0.29) is 12.5 Å². The second-order valence-electron chi connectivity index (χ2n) is 10.0. The van der Waals surface area contributed by atoms with Gasteiger partial charge in [-0.05, 0) is 68.5 Å². The van der Waals surface area contributed by atoms with Crippen molar-refractivity contribution >= 4 is 5.91 Å². The lowest BCUT2D eigenvalue weighted by molar-refractivity contribution is -0.130. The number of aliphatic hydroxyl groups is 1. The minimum atomic E-state index is -0.865. The normalized spacial score (nSPS) is 21.2. The van der Waals surface area contributed by atoms with Crippen molar-refractivity contribution in [1.29, 1.82) is 0 Å². The number of carbonyl (C=O) groups excluding carboxylic acids is 1. The molecule has 2 heterocycles. The third-order valence-electron chi connectivity index (χ3n) is 7.02. The van der Waals surface area contributed by atoms with Crippen molar-refractivity contribution in [3.8, 4) is 17.2 Å². The first-order chi connectivity index (χ1) is 17.5. The summed E-state index contributed by atoms with van der Waals surface area (Å²) in [7, 11) is 1.66. The fourth-order valence-corrected chi connectivity index (χ4v) is 5.09. The lowest BCUT2D eigenvalue weighted by atomic mass is 9.93. The molecule has 1 amide bonds. The maximum atomic E-state index is 12.2. The van der Waals surface area contributed by atoms with Crippen LogP contribution in [0.3, 0.4) is 0 Å². The summed E-state index contributed by atoms with van der Waals surface area (Å²) >= 11 is 0. The van der Waals surface area contributed by atoms with Gasteiger partial charge in [-0.15, -0.1) is 0 Å². The smallest absolute Gasteiger partial charge is 0.222 e. The minimum Gasteiger partial charge on any atom is -0.493 e. The zero-order chi connectivity index (χ0) is 25.2. The molecule has 0 aromatic heterocycles. The summed E-state index contributed by atoms with van der Waals surface area (Å²) in [6.07, 6.45) is 6.37. The largest absolute Gasteiger partial charge is 0.493 e. The van der Waals surface area contributed by atoms with Crippen molar-refractivity contribution in [3.63, 3.8) is 0 Å². The van der Waals surface area contributed by atoms with Crippen LogP contribution in [0, 0.1) is 0 Å². The van der Waals surface area contributed by atoms with E-state index in [0.29, 0.717) is 25.3 Å². The van der Waals surface area contributed by atoms with E-state index in [9.17, 15) is 9.90 Å². The number of likely N-dealkylation sites (tertiary alicyclic amines) is 2. The van der Waals surface area contributed by atoms with Crippen molar-refractivity contribution in [2.75, 3.05) is 46.5 Å². The molecule has 2 fully saturated rings. The monoisotopic (exact) mass is 496 g/mol. The van der Waals surface area contributed by atoms with Crippen molar-refractivity contribution in [1.82, 2.24) is 9.80 Å². The molecule has 7 nitrogen and oxygen atoms in total. The molecule has 0 aliphatic carbocycles. The number of hydrogen-bond acceptors (Lipinski definition) is 6. The Balaban J connectivity index is 1.26. The maximum absolute atomic E-state index is 12.2. The first-order valence-corrected chi connectivity index (χ1v) is 13.2. The highest BCUT2D eigenvalue weighted by molar-refractivity contribution is 5.76. The standard InChI is InChI=1S/C29H40N2O5/c1-34-27-20-24(13-14-26(27)35-19-9-18-31-17-7-3-6-12-28(31)32)21-30-16-8-15-29(33,22-30)23-36-25-10-4-2-5-11-25/h2,4-5,10-11,13-14,20,33H,3,6-9,12,15-19,21-23H2,1H3. The molecule has 2 aromatic carbocycles. The Labute approximate surface area is 214 Å². The fraction of sp³-hybridized carbons (Fsp3) is 0.552. The third kappa shape index (κ3) is 7.61. The molecule has 2 aliphatic rings. The number of amides is 1. The number of piperidine rings is 1. The SMILES string of the molecule is COc1cc(CN2CCCC(O)(COc3ccccc3)C2)ccc1OCCCN1CCCCCC1=O. The van der Waals surface area contributed by atoms with Gasteiger partial charge in [-0.25, -0.2) is 0 Å². The molecular formula is C29H40N2O5. The van der Waals surface area contributed by atoms with Gasteiger partial charge in [-0.1, -0.05) is 30.7 Å². The van der Waals surface area contributed by atoms with E-state index in [2.05, 4.69) is 11.0 Å². The molecule has 2 saturated heterocycles. The Morgan fingerprint density at radius 1 is 0.972 bits per heavy atom. The van der Waals surface area contributed by atoms with Gasteiger partial charge in [0.15, 0.2) is 11.5 Å². The van der Waals surface area contributed by atoms with Crippen LogP contribution in [0.4, 0.5) is 0 Å². The van der Waals surface area contributed by atoms with Crippen LogP contribution in [0.15, 0.2) is 48.5 Å². The minimum absolute atomic E-state index is 0.269. The van der Waals surface area contributed by atoms with E-state index in [4.69, 9.17) is 14.2 Å². The third-order valence-corrected chi connectivity index (χ3v) is 7.02. The van der Waals surface area contributed by atoms with Crippen LogP contribution in [0.25, 0.3) is 0 Å². The van der Waals surface area contributed by atoms with Crippen LogP contribution < -0.4 is 14.2 Å². The molecule has 196 valence electrons. The molecule has 0 spiro atoms. The Hall–Kier alpha value is -2.77. The molecule has 1 unspecified atom stereocenters. The highest BCUT2D eigenvalue weighted by Gasteiger charge is 2.34. The van der Waals surface area contributed by atoms with Gasteiger partial charge in [-0.2, -0.15) is 0 Å². The average Bonchev–Trinajstić information content (AvgIpc) is 3.10. The number of nitrogens with zero attached hydrogens (tertiary/aromatic N) is 2. The summed E-state index contributed by atoms with van der Waals surface area (Å²) in [6, 6.07) is 15.7. The highest BCUT2D eigenvalue weighted by atomic mass is 16.5. The number of rotatable bonds is 11. The summed E-state index contributed by atoms with van der Waals surface area (Å²) in [6.45, 7) is 4.65. The molecule has 7 heteroatoms. The number of para-hydroxylation sites is 1. The number of ether oxygens (including phenoxy) is 3. The Bertz CT molecular complexity index is 969. The number of benzene rings is 2. The van der Waals surface area contributed by atoms with Crippen molar-refractivity contribution in [3.05, 3.63) is 54.1 Å². The molecule has 2 aromatic rings. The van der Waals surface area contributed by atoms with Crippen molar-refractivity contribution < 1.29 is 24.1 Å². The molecule has 0 bridgehead atoms. The fourth-order valence-electron chi connectivity index (χ4n) is 5.09. The van der Waals surface area contributed by atoms with Gasteiger partial charge < -0.3 is 24.2 Å². The second-order valence-corrected chi connectivity index (χ2v) is 10.0. The van der Waals surface area contributed by atoms with Gasteiger partial charge in [0.1, 0.15) is 18.0 Å². The first kappa shape index (κ1) is 26.3. The molecule has 1 atom stereocenters. The number of β-amino-alcohol motifs (C(OH)–C–C–N with tert-alkyl or cyclic N) is 1. The van der Waals surface area contributed by atoms with Crippen LogP contribution in [-0.4, -0.2) is 72.9 Å². The zero-order valence-electron chi connectivity index (χ0n) is 21.5. The Kier molecular flexibility index (Phi) is 9.47. The Morgan fingerprint density at radius 3 is 2.67 bits per heavy atom. The average molecular weight is 497 g/mol. The summed E-state index contributed by atoms with van der Waals surface area (Å²) < 4.78 is 17.5. The maximum Gasteiger partial charge on any atom is 0.222 e. The number of carbonyl (C=O) groups is 1. The van der Waals surface area contributed by atoms with Crippen LogP contribution in [0.2, 0.25) is 0 Å². The van der Waals surface area contributed by atoms with E-state index in [0.717, 1.165) is 81.8 Å².